The van der Waals surface area contributed by atoms with E-state index < -0.39 is 17.1 Å². The Morgan fingerprint density at radius 3 is 2.46 bits per heavy atom. The number of nitrogens with zero attached hydrogens (tertiary/aromatic N) is 1. The Morgan fingerprint density at radius 2 is 1.79 bits per heavy atom. The molecule has 0 unspecified atom stereocenters. The second-order valence-electron chi connectivity index (χ2n) is 5.79. The number of thioether (sulfide) groups is 1. The van der Waals surface area contributed by atoms with Crippen molar-refractivity contribution in [1.29, 1.82) is 0 Å². The topological polar surface area (TPSA) is 84.9 Å². The van der Waals surface area contributed by atoms with Crippen molar-refractivity contribution >= 4 is 40.6 Å². The van der Waals surface area contributed by atoms with E-state index in [0.717, 1.165) is 22.2 Å². The van der Waals surface area contributed by atoms with Gasteiger partial charge in [0.1, 0.15) is 18.0 Å². The molecule has 8 heteroatoms. The maximum Gasteiger partial charge on any atom is 0.294 e. The van der Waals surface area contributed by atoms with E-state index in [-0.39, 0.29) is 11.4 Å². The number of carbonyl (C=O) groups excluding carboxylic acids is 3. The Bertz CT molecular complexity index is 940. The van der Waals surface area contributed by atoms with Gasteiger partial charge < -0.3 is 14.8 Å². The molecule has 1 N–H and O–H groups in total. The number of hydrogen-bond acceptors (Lipinski definition) is 6. The van der Waals surface area contributed by atoms with Crippen LogP contribution in [0.4, 0.5) is 10.5 Å². The highest BCUT2D eigenvalue weighted by Crippen LogP contribution is 2.32. The predicted molar refractivity (Wildman–Crippen MR) is 107 cm³/mol. The molecule has 7 nitrogen and oxygen atoms in total. The summed E-state index contributed by atoms with van der Waals surface area (Å²) in [6.45, 7) is -0.372. The lowest BCUT2D eigenvalue weighted by atomic mass is 10.2. The lowest BCUT2D eigenvalue weighted by Gasteiger charge is -2.14. The number of hydrogen-bond donors (Lipinski definition) is 1. The van der Waals surface area contributed by atoms with Crippen LogP contribution in [-0.2, 0) is 9.59 Å². The van der Waals surface area contributed by atoms with Crippen molar-refractivity contribution in [3.8, 4) is 11.5 Å². The van der Waals surface area contributed by atoms with Crippen LogP contribution in [0.1, 0.15) is 5.56 Å². The standard InChI is InChI=1S/C20H18N2O5S/c1-26-14-9-7-13(8-10-14)11-17-19(24)22(20(25)28-17)12-18(23)21-15-5-3-4-6-16(15)27-2/h3-11H,12H2,1-2H3,(H,21,23)/b17-11-. The first-order chi connectivity index (χ1) is 13.5. The van der Waals surface area contributed by atoms with E-state index in [2.05, 4.69) is 5.32 Å². The zero-order valence-electron chi connectivity index (χ0n) is 15.3. The monoisotopic (exact) mass is 398 g/mol. The van der Waals surface area contributed by atoms with Gasteiger partial charge in [-0.1, -0.05) is 24.3 Å². The summed E-state index contributed by atoms with van der Waals surface area (Å²) in [5.74, 6) is 0.196. The Kier molecular flexibility index (Phi) is 6.00. The molecule has 0 bridgehead atoms. The fraction of sp³-hybridized carbons (Fsp3) is 0.150. The SMILES string of the molecule is COc1ccc(/C=C2\SC(=O)N(CC(=O)Nc3ccccc3OC)C2=O)cc1. The van der Waals surface area contributed by atoms with Crippen LogP contribution >= 0.6 is 11.8 Å². The zero-order valence-corrected chi connectivity index (χ0v) is 16.1. The molecule has 2 aromatic rings. The van der Waals surface area contributed by atoms with Gasteiger partial charge in [-0.3, -0.25) is 19.3 Å². The molecule has 3 amide bonds. The van der Waals surface area contributed by atoms with Gasteiger partial charge in [0, 0.05) is 0 Å². The molecular formula is C20H18N2O5S. The average Bonchev–Trinajstić information content (AvgIpc) is 2.96. The van der Waals surface area contributed by atoms with Gasteiger partial charge in [-0.2, -0.15) is 0 Å². The van der Waals surface area contributed by atoms with E-state index in [1.807, 2.05) is 0 Å². The number of rotatable bonds is 6. The quantitative estimate of drug-likeness (QED) is 0.751. The van der Waals surface area contributed by atoms with Crippen molar-refractivity contribution in [2.24, 2.45) is 0 Å². The van der Waals surface area contributed by atoms with Crippen LogP contribution in [0.2, 0.25) is 0 Å². The minimum atomic E-state index is -0.499. The molecule has 0 spiro atoms. The molecule has 0 aliphatic carbocycles. The van der Waals surface area contributed by atoms with E-state index in [0.29, 0.717) is 17.2 Å². The molecule has 1 heterocycles. The van der Waals surface area contributed by atoms with Gasteiger partial charge in [-0.15, -0.1) is 0 Å². The summed E-state index contributed by atoms with van der Waals surface area (Å²) < 4.78 is 10.3. The third kappa shape index (κ3) is 4.34. The molecule has 28 heavy (non-hydrogen) atoms. The third-order valence-electron chi connectivity index (χ3n) is 3.97. The van der Waals surface area contributed by atoms with Crippen molar-refractivity contribution in [3.63, 3.8) is 0 Å². The molecule has 2 aromatic carbocycles. The number of amides is 3. The fourth-order valence-corrected chi connectivity index (χ4v) is 3.41. The minimum absolute atomic E-state index is 0.264. The highest BCUT2D eigenvalue weighted by atomic mass is 32.2. The first kappa shape index (κ1) is 19.5. The minimum Gasteiger partial charge on any atom is -0.497 e. The zero-order chi connectivity index (χ0) is 20.1. The summed E-state index contributed by atoms with van der Waals surface area (Å²) in [7, 11) is 3.06. The van der Waals surface area contributed by atoms with Crippen molar-refractivity contribution in [1.82, 2.24) is 4.90 Å². The molecule has 0 atom stereocenters. The van der Waals surface area contributed by atoms with E-state index >= 15 is 0 Å². The number of imide groups is 1. The van der Waals surface area contributed by atoms with Gasteiger partial charge in [-0.25, -0.2) is 0 Å². The summed E-state index contributed by atoms with van der Waals surface area (Å²) in [5, 5.41) is 2.17. The normalized spacial score (nSPS) is 15.1. The van der Waals surface area contributed by atoms with E-state index in [9.17, 15) is 14.4 Å². The van der Waals surface area contributed by atoms with E-state index in [1.54, 1.807) is 61.7 Å². The molecule has 0 saturated carbocycles. The number of anilines is 1. The highest BCUT2D eigenvalue weighted by molar-refractivity contribution is 8.18. The molecule has 0 radical (unpaired) electrons. The molecule has 3 rings (SSSR count). The number of carbonyl (C=O) groups is 3. The van der Waals surface area contributed by atoms with Crippen molar-refractivity contribution in [2.45, 2.75) is 0 Å². The van der Waals surface area contributed by atoms with Gasteiger partial charge in [0.15, 0.2) is 0 Å². The Labute approximate surface area is 166 Å². The smallest absolute Gasteiger partial charge is 0.294 e. The Hall–Kier alpha value is -3.26. The fourth-order valence-electron chi connectivity index (χ4n) is 2.57. The number of ether oxygens (including phenoxy) is 2. The summed E-state index contributed by atoms with van der Waals surface area (Å²) in [6.07, 6.45) is 1.61. The van der Waals surface area contributed by atoms with Crippen LogP contribution in [0, 0.1) is 0 Å². The van der Waals surface area contributed by atoms with Crippen LogP contribution in [0.3, 0.4) is 0 Å². The molecule has 0 aromatic heterocycles. The molecule has 1 fully saturated rings. The van der Waals surface area contributed by atoms with E-state index in [1.165, 1.54) is 7.11 Å². The van der Waals surface area contributed by atoms with Crippen molar-refractivity contribution < 1.29 is 23.9 Å². The van der Waals surface area contributed by atoms with Gasteiger partial charge in [0.25, 0.3) is 11.1 Å². The van der Waals surface area contributed by atoms with Crippen molar-refractivity contribution in [2.75, 3.05) is 26.1 Å². The molecule has 1 saturated heterocycles. The van der Waals surface area contributed by atoms with Crippen molar-refractivity contribution in [3.05, 3.63) is 59.0 Å². The van der Waals surface area contributed by atoms with Crippen LogP contribution in [0.25, 0.3) is 6.08 Å². The van der Waals surface area contributed by atoms with Gasteiger partial charge in [0.2, 0.25) is 5.91 Å². The highest BCUT2D eigenvalue weighted by Gasteiger charge is 2.36. The second kappa shape index (κ2) is 8.62. The summed E-state index contributed by atoms with van der Waals surface area (Å²) in [5.41, 5.74) is 1.22. The van der Waals surface area contributed by atoms with E-state index in [4.69, 9.17) is 9.47 Å². The largest absolute Gasteiger partial charge is 0.497 e. The summed E-state index contributed by atoms with van der Waals surface area (Å²) in [6, 6.07) is 14.0. The average molecular weight is 398 g/mol. The van der Waals surface area contributed by atoms with Crippen LogP contribution in [-0.4, -0.2) is 42.7 Å². The second-order valence-corrected chi connectivity index (χ2v) is 6.78. The first-order valence-electron chi connectivity index (χ1n) is 8.34. The maximum absolute atomic E-state index is 12.5. The summed E-state index contributed by atoms with van der Waals surface area (Å²) >= 11 is 0.805. The van der Waals surface area contributed by atoms with Gasteiger partial charge in [0.05, 0.1) is 24.8 Å². The lowest BCUT2D eigenvalue weighted by Crippen LogP contribution is -2.36. The first-order valence-corrected chi connectivity index (χ1v) is 9.15. The van der Waals surface area contributed by atoms with Gasteiger partial charge >= 0.3 is 0 Å². The van der Waals surface area contributed by atoms with Gasteiger partial charge in [-0.05, 0) is 47.7 Å². The lowest BCUT2D eigenvalue weighted by molar-refractivity contribution is -0.127. The number of benzene rings is 2. The number of methoxy groups -OCH3 is 2. The van der Waals surface area contributed by atoms with Crippen LogP contribution < -0.4 is 14.8 Å². The summed E-state index contributed by atoms with van der Waals surface area (Å²) in [4.78, 5) is 38.2. The third-order valence-corrected chi connectivity index (χ3v) is 4.88. The molecule has 144 valence electrons. The molecular weight excluding hydrogens is 380 g/mol. The van der Waals surface area contributed by atoms with Crippen LogP contribution in [0.15, 0.2) is 53.4 Å². The van der Waals surface area contributed by atoms with Crippen LogP contribution in [0.5, 0.6) is 11.5 Å². The number of para-hydroxylation sites is 2. The predicted octanol–water partition coefficient (Wildman–Crippen LogP) is 3.38. The molecule has 1 aliphatic rings. The Morgan fingerprint density at radius 1 is 1.07 bits per heavy atom. The maximum atomic E-state index is 12.5. The Balaban J connectivity index is 1.69. The molecule has 1 aliphatic heterocycles. The number of nitrogens with one attached hydrogen (secondary N) is 1.